The topological polar surface area (TPSA) is 55.9 Å². The van der Waals surface area contributed by atoms with Crippen LogP contribution in [0.3, 0.4) is 0 Å². The summed E-state index contributed by atoms with van der Waals surface area (Å²) < 4.78 is 7.30. The summed E-state index contributed by atoms with van der Waals surface area (Å²) >= 11 is 6.01. The van der Waals surface area contributed by atoms with Crippen molar-refractivity contribution in [2.45, 2.75) is 6.92 Å². The quantitative estimate of drug-likeness (QED) is 0.715. The molecular formula is C19H23ClN5O+. The molecule has 0 amide bonds. The zero-order valence-corrected chi connectivity index (χ0v) is 15.6. The number of fused-ring (bicyclic) bond motifs is 1. The van der Waals surface area contributed by atoms with Gasteiger partial charge in [0.25, 0.3) is 0 Å². The first-order valence-electron chi connectivity index (χ1n) is 8.97. The van der Waals surface area contributed by atoms with E-state index < -0.39 is 0 Å². The van der Waals surface area contributed by atoms with E-state index in [1.165, 1.54) is 0 Å². The van der Waals surface area contributed by atoms with Crippen LogP contribution in [0.15, 0.2) is 36.5 Å². The summed E-state index contributed by atoms with van der Waals surface area (Å²) in [5.41, 5.74) is 3.89. The number of nitrogens with zero attached hydrogens (tertiary/aromatic N) is 3. The molecule has 6 nitrogen and oxygen atoms in total. The van der Waals surface area contributed by atoms with E-state index in [1.807, 2.05) is 48.0 Å². The second-order valence-corrected chi connectivity index (χ2v) is 7.06. The van der Waals surface area contributed by atoms with Crippen molar-refractivity contribution in [2.75, 3.05) is 44.7 Å². The van der Waals surface area contributed by atoms with Gasteiger partial charge in [-0.2, -0.15) is 9.61 Å². The van der Waals surface area contributed by atoms with Gasteiger partial charge in [0.1, 0.15) is 18.9 Å². The lowest BCUT2D eigenvalue weighted by molar-refractivity contribution is -0.906. The Kier molecular flexibility index (Phi) is 5.06. The maximum absolute atomic E-state index is 6.01. The molecule has 0 bridgehead atoms. The summed E-state index contributed by atoms with van der Waals surface area (Å²) in [6.45, 7) is 7.84. The lowest BCUT2D eigenvalue weighted by Gasteiger charge is -2.23. The third-order valence-electron chi connectivity index (χ3n) is 4.74. The molecule has 1 aliphatic rings. The predicted molar refractivity (Wildman–Crippen MR) is 103 cm³/mol. The number of ether oxygens (including phenoxy) is 1. The fraction of sp³-hybridized carbons (Fsp3) is 0.368. The zero-order chi connectivity index (χ0) is 17.9. The Balaban J connectivity index is 1.56. The van der Waals surface area contributed by atoms with Crippen molar-refractivity contribution in [3.63, 3.8) is 0 Å². The number of aryl methyl sites for hydroxylation is 1. The summed E-state index contributed by atoms with van der Waals surface area (Å²) in [6.07, 6.45) is 1.86. The Morgan fingerprint density at radius 2 is 2.00 bits per heavy atom. The molecule has 7 heteroatoms. The van der Waals surface area contributed by atoms with Crippen LogP contribution in [0, 0.1) is 6.92 Å². The van der Waals surface area contributed by atoms with Gasteiger partial charge in [-0.15, -0.1) is 0 Å². The lowest BCUT2D eigenvalue weighted by atomic mass is 10.1. The predicted octanol–water partition coefficient (Wildman–Crippen LogP) is 1.69. The van der Waals surface area contributed by atoms with E-state index in [0.29, 0.717) is 0 Å². The highest BCUT2D eigenvalue weighted by atomic mass is 35.5. The second-order valence-electron chi connectivity index (χ2n) is 6.62. The Bertz CT molecular complexity index is 887. The largest absolute Gasteiger partial charge is 0.370 e. The highest BCUT2D eigenvalue weighted by molar-refractivity contribution is 6.30. The molecule has 0 spiro atoms. The molecule has 1 aromatic carbocycles. The van der Waals surface area contributed by atoms with Crippen LogP contribution in [0.2, 0.25) is 5.02 Å². The molecule has 2 aromatic heterocycles. The highest BCUT2D eigenvalue weighted by Gasteiger charge is 2.15. The third-order valence-corrected chi connectivity index (χ3v) is 4.99. The SMILES string of the molecule is Cc1cc(NCC[NH+]2CCOCC2)n2ncc(-c3ccc(Cl)cc3)c2n1. The first-order valence-corrected chi connectivity index (χ1v) is 9.35. The molecule has 2 N–H and O–H groups in total. The van der Waals surface area contributed by atoms with E-state index in [-0.39, 0.29) is 0 Å². The summed E-state index contributed by atoms with van der Waals surface area (Å²) in [5, 5.41) is 8.81. The molecular weight excluding hydrogens is 350 g/mol. The first kappa shape index (κ1) is 17.3. The van der Waals surface area contributed by atoms with Crippen LogP contribution >= 0.6 is 11.6 Å². The van der Waals surface area contributed by atoms with Crippen LogP contribution in [-0.2, 0) is 4.74 Å². The number of aromatic nitrogens is 3. The molecule has 0 saturated carbocycles. The van der Waals surface area contributed by atoms with Crippen LogP contribution < -0.4 is 10.2 Å². The fourth-order valence-electron chi connectivity index (χ4n) is 3.32. The number of quaternary nitrogens is 1. The van der Waals surface area contributed by atoms with Crippen LogP contribution in [0.5, 0.6) is 0 Å². The van der Waals surface area contributed by atoms with Gasteiger partial charge in [-0.3, -0.25) is 0 Å². The molecule has 1 aliphatic heterocycles. The standard InChI is InChI=1S/C19H22ClN5O/c1-14-12-18(21-6-7-24-8-10-26-11-9-24)25-19(23-14)17(13-22-25)15-2-4-16(20)5-3-15/h2-5,12-13,21H,6-11H2,1H3/p+1. The lowest BCUT2D eigenvalue weighted by Crippen LogP contribution is -3.14. The van der Waals surface area contributed by atoms with E-state index in [1.54, 1.807) is 4.90 Å². The fourth-order valence-corrected chi connectivity index (χ4v) is 3.45. The van der Waals surface area contributed by atoms with Crippen molar-refractivity contribution >= 4 is 23.1 Å². The molecule has 136 valence electrons. The van der Waals surface area contributed by atoms with Gasteiger partial charge < -0.3 is 15.0 Å². The van der Waals surface area contributed by atoms with Gasteiger partial charge in [0, 0.05) is 22.3 Å². The van der Waals surface area contributed by atoms with Gasteiger partial charge in [-0.1, -0.05) is 23.7 Å². The Hall–Kier alpha value is -2.15. The van der Waals surface area contributed by atoms with Crippen LogP contribution in [-0.4, -0.2) is 54.0 Å². The van der Waals surface area contributed by atoms with E-state index in [4.69, 9.17) is 21.3 Å². The normalized spacial score (nSPS) is 15.5. The Labute approximate surface area is 157 Å². The second kappa shape index (κ2) is 7.61. The maximum Gasteiger partial charge on any atom is 0.165 e. The molecule has 3 aromatic rings. The first-order chi connectivity index (χ1) is 12.7. The molecule has 0 unspecified atom stereocenters. The van der Waals surface area contributed by atoms with Crippen LogP contribution in [0.4, 0.5) is 5.82 Å². The molecule has 0 radical (unpaired) electrons. The molecule has 1 saturated heterocycles. The molecule has 0 atom stereocenters. The number of hydrogen-bond acceptors (Lipinski definition) is 4. The zero-order valence-electron chi connectivity index (χ0n) is 14.8. The molecule has 1 fully saturated rings. The van der Waals surface area contributed by atoms with Gasteiger partial charge >= 0.3 is 0 Å². The monoisotopic (exact) mass is 372 g/mol. The van der Waals surface area contributed by atoms with Crippen molar-refractivity contribution in [2.24, 2.45) is 0 Å². The average molecular weight is 373 g/mol. The maximum atomic E-state index is 6.01. The Morgan fingerprint density at radius 3 is 2.77 bits per heavy atom. The summed E-state index contributed by atoms with van der Waals surface area (Å²) in [5.74, 6) is 0.973. The number of morpholine rings is 1. The van der Waals surface area contributed by atoms with Crippen molar-refractivity contribution in [3.8, 4) is 11.1 Å². The number of rotatable bonds is 5. The van der Waals surface area contributed by atoms with E-state index in [9.17, 15) is 0 Å². The number of nitrogens with one attached hydrogen (secondary N) is 2. The summed E-state index contributed by atoms with van der Waals surface area (Å²) in [4.78, 5) is 6.28. The molecule has 26 heavy (non-hydrogen) atoms. The average Bonchev–Trinajstić information content (AvgIpc) is 3.07. The number of benzene rings is 1. The molecule has 0 aliphatic carbocycles. The van der Waals surface area contributed by atoms with E-state index >= 15 is 0 Å². The van der Waals surface area contributed by atoms with Crippen molar-refractivity contribution in [1.29, 1.82) is 0 Å². The van der Waals surface area contributed by atoms with Gasteiger partial charge in [0.15, 0.2) is 5.65 Å². The van der Waals surface area contributed by atoms with E-state index in [0.717, 1.165) is 72.7 Å². The van der Waals surface area contributed by atoms with Gasteiger partial charge in [-0.25, -0.2) is 4.98 Å². The number of anilines is 1. The minimum absolute atomic E-state index is 0.724. The molecule has 4 rings (SSSR count). The number of hydrogen-bond donors (Lipinski definition) is 2. The van der Waals surface area contributed by atoms with Crippen molar-refractivity contribution in [1.82, 2.24) is 14.6 Å². The van der Waals surface area contributed by atoms with Crippen LogP contribution in [0.1, 0.15) is 5.69 Å². The van der Waals surface area contributed by atoms with Gasteiger partial charge in [-0.05, 0) is 24.6 Å². The van der Waals surface area contributed by atoms with Crippen molar-refractivity contribution < 1.29 is 9.64 Å². The smallest absolute Gasteiger partial charge is 0.165 e. The van der Waals surface area contributed by atoms with E-state index in [2.05, 4.69) is 10.4 Å². The third kappa shape index (κ3) is 3.67. The minimum atomic E-state index is 0.724. The molecule has 3 heterocycles. The van der Waals surface area contributed by atoms with Crippen molar-refractivity contribution in [3.05, 3.63) is 47.2 Å². The minimum Gasteiger partial charge on any atom is -0.370 e. The summed E-state index contributed by atoms with van der Waals surface area (Å²) in [6, 6.07) is 9.82. The van der Waals surface area contributed by atoms with Gasteiger partial charge in [0.05, 0.1) is 32.5 Å². The van der Waals surface area contributed by atoms with Gasteiger partial charge in [0.2, 0.25) is 0 Å². The number of halogens is 1. The Morgan fingerprint density at radius 1 is 1.23 bits per heavy atom. The van der Waals surface area contributed by atoms with Crippen LogP contribution in [0.25, 0.3) is 16.8 Å². The summed E-state index contributed by atoms with van der Waals surface area (Å²) in [7, 11) is 0. The highest BCUT2D eigenvalue weighted by Crippen LogP contribution is 2.26.